The molecule has 0 aliphatic rings. The van der Waals surface area contributed by atoms with Crippen molar-refractivity contribution in [2.24, 2.45) is 0 Å². The van der Waals surface area contributed by atoms with Crippen molar-refractivity contribution in [3.8, 4) is 33.8 Å². The number of pyridine rings is 3. The Morgan fingerprint density at radius 3 is 2.80 bits per heavy atom. The Balaban J connectivity index is 1.45. The topological polar surface area (TPSA) is 95.2 Å². The molecule has 0 fully saturated rings. The van der Waals surface area contributed by atoms with Crippen molar-refractivity contribution >= 4 is 22.1 Å². The molecule has 0 amide bonds. The van der Waals surface area contributed by atoms with E-state index < -0.39 is 0 Å². The molecule has 6 rings (SSSR count). The van der Waals surface area contributed by atoms with Crippen LogP contribution in [0.3, 0.4) is 0 Å². The molecule has 5 heterocycles. The number of aromatic amines is 2. The fraction of sp³-hybridized carbons (Fsp3) is 0.111. The van der Waals surface area contributed by atoms with Crippen molar-refractivity contribution in [3.63, 3.8) is 0 Å². The van der Waals surface area contributed by atoms with Crippen LogP contribution in [0, 0.1) is 5.82 Å². The lowest BCUT2D eigenvalue weighted by molar-refractivity contribution is 0.631. The highest BCUT2D eigenvalue weighted by Crippen LogP contribution is 2.34. The van der Waals surface area contributed by atoms with E-state index in [9.17, 15) is 4.39 Å². The number of nitrogens with zero attached hydrogens (tertiary/aromatic N) is 4. The van der Waals surface area contributed by atoms with Crippen LogP contribution in [0.5, 0.6) is 0 Å². The lowest BCUT2D eigenvalue weighted by Crippen LogP contribution is -2.11. The molecule has 7 nitrogen and oxygen atoms in total. The minimum absolute atomic E-state index is 0.274. The van der Waals surface area contributed by atoms with E-state index in [1.165, 1.54) is 6.07 Å². The van der Waals surface area contributed by atoms with Gasteiger partial charge in [0, 0.05) is 41.6 Å². The highest BCUT2D eigenvalue weighted by atomic mass is 19.1. The molecule has 0 unspecified atom stereocenters. The fourth-order valence-electron chi connectivity index (χ4n) is 4.31. The van der Waals surface area contributed by atoms with Crippen molar-refractivity contribution in [3.05, 3.63) is 84.6 Å². The van der Waals surface area contributed by atoms with Crippen LogP contribution in [0.15, 0.2) is 73.2 Å². The molecule has 1 aromatic carbocycles. The molecule has 0 aliphatic heterocycles. The molecule has 0 saturated heterocycles. The highest BCUT2D eigenvalue weighted by Gasteiger charge is 2.17. The van der Waals surface area contributed by atoms with Crippen LogP contribution in [0.1, 0.15) is 12.5 Å². The van der Waals surface area contributed by atoms with E-state index in [1.807, 2.05) is 42.7 Å². The molecule has 0 saturated carbocycles. The fourth-order valence-corrected chi connectivity index (χ4v) is 4.31. The quantitative estimate of drug-likeness (QED) is 0.304. The van der Waals surface area contributed by atoms with Crippen molar-refractivity contribution in [2.45, 2.75) is 13.5 Å². The lowest BCUT2D eigenvalue weighted by Gasteiger charge is -2.05. The van der Waals surface area contributed by atoms with E-state index in [-0.39, 0.29) is 5.82 Å². The monoisotopic (exact) mass is 463 g/mol. The summed E-state index contributed by atoms with van der Waals surface area (Å²) in [6, 6.07) is 16.5. The van der Waals surface area contributed by atoms with Crippen LogP contribution in [0.25, 0.3) is 55.8 Å². The molecule has 35 heavy (non-hydrogen) atoms. The molecular formula is C27H22FN7. The van der Waals surface area contributed by atoms with Crippen LogP contribution in [-0.4, -0.2) is 36.7 Å². The first-order valence-electron chi connectivity index (χ1n) is 11.4. The molecule has 0 spiro atoms. The molecule has 0 aliphatic carbocycles. The summed E-state index contributed by atoms with van der Waals surface area (Å²) in [4.78, 5) is 17.1. The Kier molecular flexibility index (Phi) is 5.27. The third-order valence-electron chi connectivity index (χ3n) is 6.03. The Morgan fingerprint density at radius 2 is 1.91 bits per heavy atom. The van der Waals surface area contributed by atoms with E-state index in [4.69, 9.17) is 4.98 Å². The Hall–Kier alpha value is -4.43. The summed E-state index contributed by atoms with van der Waals surface area (Å²) >= 11 is 0. The third-order valence-corrected chi connectivity index (χ3v) is 6.03. The normalized spacial score (nSPS) is 11.5. The summed E-state index contributed by atoms with van der Waals surface area (Å²) in [6.07, 6.45) is 5.35. The van der Waals surface area contributed by atoms with Gasteiger partial charge in [0.1, 0.15) is 22.7 Å². The second kappa shape index (κ2) is 8.73. The zero-order valence-corrected chi connectivity index (χ0v) is 19.0. The second-order valence-electron chi connectivity index (χ2n) is 8.31. The van der Waals surface area contributed by atoms with Gasteiger partial charge in [0.2, 0.25) is 0 Å². The molecular weight excluding hydrogens is 441 g/mol. The zero-order chi connectivity index (χ0) is 23.8. The summed E-state index contributed by atoms with van der Waals surface area (Å²) in [5.41, 5.74) is 7.80. The van der Waals surface area contributed by atoms with Gasteiger partial charge >= 0.3 is 0 Å². The smallest absolute Gasteiger partial charge is 0.138 e. The van der Waals surface area contributed by atoms with Crippen LogP contribution in [0.2, 0.25) is 0 Å². The van der Waals surface area contributed by atoms with Crippen LogP contribution in [-0.2, 0) is 6.54 Å². The van der Waals surface area contributed by atoms with E-state index >= 15 is 0 Å². The molecule has 0 radical (unpaired) electrons. The molecule has 172 valence electrons. The number of rotatable bonds is 6. The van der Waals surface area contributed by atoms with Crippen LogP contribution < -0.4 is 5.32 Å². The van der Waals surface area contributed by atoms with Gasteiger partial charge in [-0.1, -0.05) is 25.1 Å². The summed E-state index contributed by atoms with van der Waals surface area (Å²) in [7, 11) is 0. The number of nitrogens with one attached hydrogen (secondary N) is 3. The number of hydrogen-bond donors (Lipinski definition) is 3. The summed E-state index contributed by atoms with van der Waals surface area (Å²) in [5.74, 6) is -0.274. The van der Waals surface area contributed by atoms with E-state index in [0.29, 0.717) is 16.9 Å². The number of hydrogen-bond acceptors (Lipinski definition) is 5. The van der Waals surface area contributed by atoms with Crippen LogP contribution >= 0.6 is 0 Å². The maximum atomic E-state index is 14.5. The minimum atomic E-state index is -0.274. The number of aromatic nitrogens is 6. The first-order chi connectivity index (χ1) is 17.2. The van der Waals surface area contributed by atoms with Gasteiger partial charge in [-0.2, -0.15) is 5.10 Å². The lowest BCUT2D eigenvalue weighted by atomic mass is 10.0. The number of fused-ring (bicyclic) bond motifs is 2. The zero-order valence-electron chi connectivity index (χ0n) is 19.0. The predicted molar refractivity (Wildman–Crippen MR) is 135 cm³/mol. The Morgan fingerprint density at radius 1 is 1.00 bits per heavy atom. The maximum absolute atomic E-state index is 14.5. The molecule has 5 aromatic heterocycles. The van der Waals surface area contributed by atoms with Gasteiger partial charge in [-0.15, -0.1) is 0 Å². The number of benzene rings is 1. The molecule has 0 bridgehead atoms. The maximum Gasteiger partial charge on any atom is 0.138 e. The summed E-state index contributed by atoms with van der Waals surface area (Å²) < 4.78 is 14.5. The van der Waals surface area contributed by atoms with Crippen molar-refractivity contribution in [2.75, 3.05) is 6.54 Å². The standard InChI is InChI=1S/C27H22FN7/c1-2-29-13-16-11-17(15-30-14-16)22-7-8-23-25(32-22)26(35-34-23)24-12-20-18(9-10-31-27(20)33-24)19-5-3-4-6-21(19)28/h3-12,14-15,29H,2,13H2,1H3,(H,31,33)(H,34,35). The molecule has 0 atom stereocenters. The summed E-state index contributed by atoms with van der Waals surface area (Å²) in [6.45, 7) is 3.72. The SMILES string of the molecule is CCNCc1cncc(-c2ccc3[nH]nc(-c4cc5c(-c6ccccc6F)ccnc5[nH]4)c3n2)c1. The van der Waals surface area contributed by atoms with Gasteiger partial charge in [0.25, 0.3) is 0 Å². The Labute approximate surface area is 200 Å². The third kappa shape index (κ3) is 3.83. The Bertz CT molecular complexity index is 1670. The van der Waals surface area contributed by atoms with Gasteiger partial charge < -0.3 is 10.3 Å². The van der Waals surface area contributed by atoms with Crippen molar-refractivity contribution < 1.29 is 4.39 Å². The van der Waals surface area contributed by atoms with Crippen molar-refractivity contribution in [1.82, 2.24) is 35.5 Å². The van der Waals surface area contributed by atoms with E-state index in [0.717, 1.165) is 57.6 Å². The molecule has 8 heteroatoms. The van der Waals surface area contributed by atoms with Crippen LogP contribution in [0.4, 0.5) is 4.39 Å². The van der Waals surface area contributed by atoms with Gasteiger partial charge in [-0.05, 0) is 54.1 Å². The first kappa shape index (κ1) is 21.1. The van der Waals surface area contributed by atoms with Gasteiger partial charge in [-0.3, -0.25) is 10.1 Å². The number of H-pyrrole nitrogens is 2. The van der Waals surface area contributed by atoms with Gasteiger partial charge in [0.15, 0.2) is 0 Å². The average Bonchev–Trinajstić information content (AvgIpc) is 3.51. The largest absolute Gasteiger partial charge is 0.338 e. The van der Waals surface area contributed by atoms with Gasteiger partial charge in [-0.25, -0.2) is 14.4 Å². The first-order valence-corrected chi connectivity index (χ1v) is 11.4. The molecule has 3 N–H and O–H groups in total. The van der Waals surface area contributed by atoms with Gasteiger partial charge in [0.05, 0.1) is 16.9 Å². The van der Waals surface area contributed by atoms with Crippen molar-refractivity contribution in [1.29, 1.82) is 0 Å². The highest BCUT2D eigenvalue weighted by molar-refractivity contribution is 5.99. The summed E-state index contributed by atoms with van der Waals surface area (Å²) in [5, 5.41) is 11.7. The van der Waals surface area contributed by atoms with E-state index in [1.54, 1.807) is 18.3 Å². The molecule has 6 aromatic rings. The minimum Gasteiger partial charge on any atom is -0.338 e. The average molecular weight is 464 g/mol. The van der Waals surface area contributed by atoms with E-state index in [2.05, 4.69) is 43.5 Å². The number of halogens is 1. The second-order valence-corrected chi connectivity index (χ2v) is 8.31. The predicted octanol–water partition coefficient (Wildman–Crippen LogP) is 5.48.